The molecule has 0 saturated carbocycles. The molecule has 1 unspecified atom stereocenters. The van der Waals surface area contributed by atoms with Crippen molar-refractivity contribution in [1.29, 1.82) is 5.26 Å². The Labute approximate surface area is 108 Å². The van der Waals surface area contributed by atoms with Crippen molar-refractivity contribution in [2.45, 2.75) is 33.1 Å². The minimum Gasteiger partial charge on any atom is -0.364 e. The molecule has 0 aliphatic heterocycles. The van der Waals surface area contributed by atoms with Gasteiger partial charge in [-0.05, 0) is 18.1 Å². The van der Waals surface area contributed by atoms with E-state index >= 15 is 0 Å². The van der Waals surface area contributed by atoms with Gasteiger partial charge < -0.3 is 10.3 Å². The summed E-state index contributed by atoms with van der Waals surface area (Å²) in [5.41, 5.74) is 0.900. The number of nitrogens with zero attached hydrogens (tertiary/aromatic N) is 1. The van der Waals surface area contributed by atoms with Crippen LogP contribution in [0.2, 0.25) is 0 Å². The van der Waals surface area contributed by atoms with Crippen molar-refractivity contribution in [2.24, 2.45) is 11.8 Å². The second kappa shape index (κ2) is 5.72. The van der Waals surface area contributed by atoms with Crippen LogP contribution in [0.25, 0.3) is 0 Å². The van der Waals surface area contributed by atoms with E-state index in [1.807, 2.05) is 32.2 Å². The van der Waals surface area contributed by atoms with Crippen LogP contribution in [0.3, 0.4) is 0 Å². The molecule has 1 atom stereocenters. The molecule has 4 nitrogen and oxygen atoms in total. The molecule has 0 aromatic carbocycles. The first-order valence-corrected chi connectivity index (χ1v) is 6.19. The van der Waals surface area contributed by atoms with Gasteiger partial charge in [-0.3, -0.25) is 4.79 Å². The first-order valence-electron chi connectivity index (χ1n) is 6.19. The monoisotopic (exact) mass is 247 g/mol. The van der Waals surface area contributed by atoms with Crippen molar-refractivity contribution in [3.63, 3.8) is 0 Å². The Morgan fingerprint density at radius 3 is 2.67 bits per heavy atom. The molecule has 2 N–H and O–H groups in total. The van der Waals surface area contributed by atoms with Crippen molar-refractivity contribution < 1.29 is 4.79 Å². The predicted octanol–water partition coefficient (Wildman–Crippen LogP) is 2.20. The Balaban J connectivity index is 2.61. The first kappa shape index (κ1) is 14.3. The van der Waals surface area contributed by atoms with Crippen LogP contribution in [0.1, 0.15) is 33.4 Å². The zero-order valence-electron chi connectivity index (χ0n) is 11.4. The maximum Gasteiger partial charge on any atom is 0.237 e. The minimum atomic E-state index is -0.579. The second-order valence-corrected chi connectivity index (χ2v) is 5.54. The summed E-state index contributed by atoms with van der Waals surface area (Å²) in [6, 6.07) is 5.98. The molecule has 18 heavy (non-hydrogen) atoms. The number of rotatable bonds is 5. The van der Waals surface area contributed by atoms with Gasteiger partial charge in [0, 0.05) is 23.9 Å². The largest absolute Gasteiger partial charge is 0.364 e. The van der Waals surface area contributed by atoms with Gasteiger partial charge in [-0.1, -0.05) is 27.7 Å². The molecule has 0 saturated heterocycles. The van der Waals surface area contributed by atoms with Crippen molar-refractivity contribution in [3.05, 3.63) is 24.0 Å². The lowest BCUT2D eigenvalue weighted by Gasteiger charge is -2.25. The zero-order chi connectivity index (χ0) is 13.8. The van der Waals surface area contributed by atoms with Gasteiger partial charge in [-0.25, -0.2) is 0 Å². The summed E-state index contributed by atoms with van der Waals surface area (Å²) in [6.07, 6.45) is 1.87. The number of nitriles is 1. The van der Waals surface area contributed by atoms with E-state index in [2.05, 4.69) is 30.2 Å². The third kappa shape index (κ3) is 3.36. The standard InChI is InChI=1S/C14H21N3O/c1-10(2)11(8-15)13(18)17-9-14(3,4)12-6-5-7-16-12/h5-7,10-11,16H,9H2,1-4H3,(H,17,18). The summed E-state index contributed by atoms with van der Waals surface area (Å²) in [7, 11) is 0. The second-order valence-electron chi connectivity index (χ2n) is 5.54. The van der Waals surface area contributed by atoms with Gasteiger partial charge in [0.1, 0.15) is 5.92 Å². The lowest BCUT2D eigenvalue weighted by atomic mass is 9.88. The van der Waals surface area contributed by atoms with E-state index in [-0.39, 0.29) is 17.2 Å². The molecule has 0 aliphatic rings. The molecular formula is C14H21N3O. The highest BCUT2D eigenvalue weighted by Gasteiger charge is 2.26. The number of amides is 1. The van der Waals surface area contributed by atoms with Gasteiger partial charge in [-0.15, -0.1) is 0 Å². The summed E-state index contributed by atoms with van der Waals surface area (Å²) in [6.45, 7) is 8.37. The van der Waals surface area contributed by atoms with E-state index in [0.29, 0.717) is 6.54 Å². The first-order chi connectivity index (χ1) is 8.38. The Morgan fingerprint density at radius 1 is 1.56 bits per heavy atom. The van der Waals surface area contributed by atoms with Crippen molar-refractivity contribution in [3.8, 4) is 6.07 Å². The molecule has 98 valence electrons. The van der Waals surface area contributed by atoms with E-state index in [1.54, 1.807) is 0 Å². The lowest BCUT2D eigenvalue weighted by molar-refractivity contribution is -0.124. The molecule has 1 rings (SSSR count). The van der Waals surface area contributed by atoms with E-state index in [4.69, 9.17) is 5.26 Å². The van der Waals surface area contributed by atoms with E-state index in [0.717, 1.165) is 5.69 Å². The van der Waals surface area contributed by atoms with Crippen LogP contribution in [0.5, 0.6) is 0 Å². The third-order valence-corrected chi connectivity index (χ3v) is 3.12. The third-order valence-electron chi connectivity index (χ3n) is 3.12. The normalized spacial score (nSPS) is 13.1. The maximum absolute atomic E-state index is 11.9. The molecule has 4 heteroatoms. The number of nitrogens with one attached hydrogen (secondary N) is 2. The molecule has 1 aromatic rings. The average Bonchev–Trinajstić information content (AvgIpc) is 2.81. The zero-order valence-corrected chi connectivity index (χ0v) is 11.4. The van der Waals surface area contributed by atoms with Crippen molar-refractivity contribution in [2.75, 3.05) is 6.54 Å². The number of hydrogen-bond donors (Lipinski definition) is 2. The van der Waals surface area contributed by atoms with Crippen LogP contribution >= 0.6 is 0 Å². The fourth-order valence-electron chi connectivity index (χ4n) is 1.78. The molecule has 1 amide bonds. The Hall–Kier alpha value is -1.76. The van der Waals surface area contributed by atoms with Crippen LogP contribution in [0.15, 0.2) is 18.3 Å². The predicted molar refractivity (Wildman–Crippen MR) is 70.8 cm³/mol. The molecule has 0 radical (unpaired) electrons. The molecular weight excluding hydrogens is 226 g/mol. The summed E-state index contributed by atoms with van der Waals surface area (Å²) >= 11 is 0. The minimum absolute atomic E-state index is 0.0311. The van der Waals surface area contributed by atoms with E-state index in [1.165, 1.54) is 0 Å². The van der Waals surface area contributed by atoms with Gasteiger partial charge in [0.05, 0.1) is 6.07 Å². The number of hydrogen-bond acceptors (Lipinski definition) is 2. The van der Waals surface area contributed by atoms with Crippen molar-refractivity contribution >= 4 is 5.91 Å². The Bertz CT molecular complexity index is 426. The quantitative estimate of drug-likeness (QED) is 0.837. The number of aromatic nitrogens is 1. The van der Waals surface area contributed by atoms with E-state index in [9.17, 15) is 4.79 Å². The van der Waals surface area contributed by atoms with Crippen LogP contribution in [-0.4, -0.2) is 17.4 Å². The van der Waals surface area contributed by atoms with Crippen LogP contribution in [0, 0.1) is 23.2 Å². The topological polar surface area (TPSA) is 68.7 Å². The lowest BCUT2D eigenvalue weighted by Crippen LogP contribution is -2.40. The smallest absolute Gasteiger partial charge is 0.237 e. The van der Waals surface area contributed by atoms with Gasteiger partial charge in [0.2, 0.25) is 5.91 Å². The van der Waals surface area contributed by atoms with E-state index < -0.39 is 5.92 Å². The van der Waals surface area contributed by atoms with Gasteiger partial charge in [0.25, 0.3) is 0 Å². The highest BCUT2D eigenvalue weighted by molar-refractivity contribution is 5.81. The van der Waals surface area contributed by atoms with Crippen LogP contribution < -0.4 is 5.32 Å². The summed E-state index contributed by atoms with van der Waals surface area (Å²) in [4.78, 5) is 15.0. The Morgan fingerprint density at radius 2 is 2.22 bits per heavy atom. The highest BCUT2D eigenvalue weighted by Crippen LogP contribution is 2.20. The fourth-order valence-corrected chi connectivity index (χ4v) is 1.78. The molecule has 0 aliphatic carbocycles. The number of aromatic amines is 1. The molecule has 0 spiro atoms. The average molecular weight is 247 g/mol. The molecule has 0 fully saturated rings. The van der Waals surface area contributed by atoms with Gasteiger partial charge >= 0.3 is 0 Å². The SMILES string of the molecule is CC(C)C(C#N)C(=O)NCC(C)(C)c1ccc[nH]1. The maximum atomic E-state index is 11.9. The van der Waals surface area contributed by atoms with Crippen LogP contribution in [-0.2, 0) is 10.2 Å². The van der Waals surface area contributed by atoms with Crippen molar-refractivity contribution in [1.82, 2.24) is 10.3 Å². The number of H-pyrrole nitrogens is 1. The summed E-state index contributed by atoms with van der Waals surface area (Å²) < 4.78 is 0. The number of carbonyl (C=O) groups is 1. The summed E-state index contributed by atoms with van der Waals surface area (Å²) in [5.74, 6) is -0.736. The number of carbonyl (C=O) groups excluding carboxylic acids is 1. The molecule has 0 bridgehead atoms. The Kier molecular flexibility index (Phi) is 4.55. The van der Waals surface area contributed by atoms with Gasteiger partial charge in [0.15, 0.2) is 0 Å². The highest BCUT2D eigenvalue weighted by atomic mass is 16.1. The van der Waals surface area contributed by atoms with Gasteiger partial charge in [-0.2, -0.15) is 5.26 Å². The molecule has 1 aromatic heterocycles. The van der Waals surface area contributed by atoms with Crippen LogP contribution in [0.4, 0.5) is 0 Å². The molecule has 1 heterocycles. The fraction of sp³-hybridized carbons (Fsp3) is 0.571. The summed E-state index contributed by atoms with van der Waals surface area (Å²) in [5, 5.41) is 11.8.